The van der Waals surface area contributed by atoms with Crippen LogP contribution in [0.25, 0.3) is 0 Å². The largest absolute Gasteiger partial charge is 0.378 e. The van der Waals surface area contributed by atoms with Crippen molar-refractivity contribution in [2.75, 3.05) is 13.2 Å². The number of hydrogen-bond acceptors (Lipinski definition) is 2. The van der Waals surface area contributed by atoms with E-state index in [0.717, 1.165) is 19.6 Å². The summed E-state index contributed by atoms with van der Waals surface area (Å²) in [4.78, 5) is 0. The van der Waals surface area contributed by atoms with Crippen LogP contribution in [0.4, 0.5) is 0 Å². The third-order valence-electron chi connectivity index (χ3n) is 3.85. The Morgan fingerprint density at radius 3 is 3.00 bits per heavy atom. The van der Waals surface area contributed by atoms with Crippen LogP contribution >= 0.6 is 22.6 Å². The van der Waals surface area contributed by atoms with E-state index in [-0.39, 0.29) is 0 Å². The van der Waals surface area contributed by atoms with Gasteiger partial charge in [-0.05, 0) is 72.9 Å². The Morgan fingerprint density at radius 2 is 2.32 bits per heavy atom. The lowest BCUT2D eigenvalue weighted by atomic mass is 9.98. The van der Waals surface area contributed by atoms with E-state index in [9.17, 15) is 0 Å². The van der Waals surface area contributed by atoms with E-state index in [1.807, 2.05) is 0 Å². The third kappa shape index (κ3) is 4.17. The van der Waals surface area contributed by atoms with Crippen LogP contribution < -0.4 is 5.32 Å². The van der Waals surface area contributed by atoms with E-state index in [2.05, 4.69) is 60.0 Å². The van der Waals surface area contributed by atoms with Gasteiger partial charge < -0.3 is 10.1 Å². The first-order valence-electron chi connectivity index (χ1n) is 7.32. The van der Waals surface area contributed by atoms with Crippen LogP contribution in [0.3, 0.4) is 0 Å². The molecule has 3 heteroatoms. The van der Waals surface area contributed by atoms with Gasteiger partial charge in [-0.25, -0.2) is 0 Å². The van der Waals surface area contributed by atoms with E-state index in [0.29, 0.717) is 12.1 Å². The van der Waals surface area contributed by atoms with Crippen LogP contribution in [0, 0.1) is 10.5 Å². The first-order valence-corrected chi connectivity index (χ1v) is 8.40. The van der Waals surface area contributed by atoms with Crippen molar-refractivity contribution in [1.29, 1.82) is 0 Å². The molecular formula is C16H24INO. The first kappa shape index (κ1) is 15.3. The summed E-state index contributed by atoms with van der Waals surface area (Å²) in [6.07, 6.45) is 5.30. The van der Waals surface area contributed by atoms with Gasteiger partial charge in [0.25, 0.3) is 0 Å². The fourth-order valence-corrected chi connectivity index (χ4v) is 3.51. The van der Waals surface area contributed by atoms with Crippen LogP contribution in [0.5, 0.6) is 0 Å². The zero-order valence-corrected chi connectivity index (χ0v) is 14.1. The molecule has 0 bridgehead atoms. The Balaban J connectivity index is 2.03. The summed E-state index contributed by atoms with van der Waals surface area (Å²) in [6.45, 7) is 6.34. The minimum absolute atomic E-state index is 0.459. The molecule has 2 atom stereocenters. The molecule has 2 rings (SSSR count). The second-order valence-electron chi connectivity index (χ2n) is 5.30. The van der Waals surface area contributed by atoms with E-state index in [1.54, 1.807) is 0 Å². The molecule has 0 aliphatic carbocycles. The second kappa shape index (κ2) is 7.60. The summed E-state index contributed by atoms with van der Waals surface area (Å²) in [5.41, 5.74) is 2.82. The van der Waals surface area contributed by atoms with Gasteiger partial charge in [0, 0.05) is 16.2 Å². The number of aryl methyl sites for hydroxylation is 1. The normalized spacial score (nSPS) is 20.7. The monoisotopic (exact) mass is 373 g/mol. The van der Waals surface area contributed by atoms with Crippen LogP contribution in [-0.2, 0) is 4.74 Å². The molecule has 0 aromatic heterocycles. The third-order valence-corrected chi connectivity index (χ3v) is 5.32. The van der Waals surface area contributed by atoms with Gasteiger partial charge in [0.2, 0.25) is 0 Å². The summed E-state index contributed by atoms with van der Waals surface area (Å²) < 4.78 is 7.14. The topological polar surface area (TPSA) is 21.3 Å². The number of ether oxygens (including phenoxy) is 1. The van der Waals surface area contributed by atoms with Crippen molar-refractivity contribution in [2.24, 2.45) is 0 Å². The maximum absolute atomic E-state index is 5.74. The smallest absolute Gasteiger partial charge is 0.0576 e. The molecule has 1 heterocycles. The lowest BCUT2D eigenvalue weighted by Gasteiger charge is -2.22. The van der Waals surface area contributed by atoms with Crippen molar-refractivity contribution < 1.29 is 4.74 Å². The van der Waals surface area contributed by atoms with Crippen LogP contribution in [0.1, 0.15) is 49.8 Å². The molecule has 19 heavy (non-hydrogen) atoms. The zero-order chi connectivity index (χ0) is 13.7. The molecular weight excluding hydrogens is 349 g/mol. The molecule has 1 fully saturated rings. The SMILES string of the molecule is CCNC(CCC1CCCO1)c1cccc(C)c1I. The van der Waals surface area contributed by atoms with Crippen molar-refractivity contribution in [3.05, 3.63) is 32.9 Å². The highest BCUT2D eigenvalue weighted by atomic mass is 127. The van der Waals surface area contributed by atoms with Crippen molar-refractivity contribution in [3.63, 3.8) is 0 Å². The molecule has 0 radical (unpaired) electrons. The molecule has 1 saturated heterocycles. The Kier molecular flexibility index (Phi) is 6.10. The van der Waals surface area contributed by atoms with E-state index in [4.69, 9.17) is 4.74 Å². The molecule has 0 saturated carbocycles. The standard InChI is InChI=1S/C16H24INO/c1-3-18-15(10-9-13-7-5-11-19-13)14-8-4-6-12(2)16(14)17/h4,6,8,13,15,18H,3,5,7,9-11H2,1-2H3. The lowest BCUT2D eigenvalue weighted by Crippen LogP contribution is -2.23. The summed E-state index contributed by atoms with van der Waals surface area (Å²) in [5, 5.41) is 3.63. The van der Waals surface area contributed by atoms with Crippen molar-refractivity contribution in [2.45, 2.75) is 51.7 Å². The average molecular weight is 373 g/mol. The first-order chi connectivity index (χ1) is 9.22. The van der Waals surface area contributed by atoms with Gasteiger partial charge >= 0.3 is 0 Å². The zero-order valence-electron chi connectivity index (χ0n) is 11.9. The maximum atomic E-state index is 5.74. The highest BCUT2D eigenvalue weighted by molar-refractivity contribution is 14.1. The predicted molar refractivity (Wildman–Crippen MR) is 88.5 cm³/mol. The summed E-state index contributed by atoms with van der Waals surface area (Å²) in [7, 11) is 0. The Morgan fingerprint density at radius 1 is 1.47 bits per heavy atom. The maximum Gasteiger partial charge on any atom is 0.0576 e. The van der Waals surface area contributed by atoms with E-state index >= 15 is 0 Å². The average Bonchev–Trinajstić information content (AvgIpc) is 2.91. The molecule has 1 aromatic carbocycles. The molecule has 1 aliphatic heterocycles. The summed E-state index contributed by atoms with van der Waals surface area (Å²) >= 11 is 2.48. The minimum Gasteiger partial charge on any atom is -0.378 e. The van der Waals surface area contributed by atoms with Gasteiger partial charge in [-0.2, -0.15) is 0 Å². The Labute approximate surface area is 130 Å². The van der Waals surface area contributed by atoms with Gasteiger partial charge in [-0.1, -0.05) is 25.1 Å². The molecule has 2 nitrogen and oxygen atoms in total. The lowest BCUT2D eigenvalue weighted by molar-refractivity contribution is 0.0996. The van der Waals surface area contributed by atoms with Crippen molar-refractivity contribution in [3.8, 4) is 0 Å². The number of rotatable bonds is 6. The quantitative estimate of drug-likeness (QED) is 0.755. The predicted octanol–water partition coefficient (Wildman–Crippen LogP) is 4.21. The number of benzene rings is 1. The number of hydrogen-bond donors (Lipinski definition) is 1. The summed E-state index contributed by atoms with van der Waals surface area (Å²) in [6, 6.07) is 7.08. The molecule has 1 aromatic rings. The van der Waals surface area contributed by atoms with Crippen molar-refractivity contribution in [1.82, 2.24) is 5.32 Å². The highest BCUT2D eigenvalue weighted by Gasteiger charge is 2.20. The molecule has 2 unspecified atom stereocenters. The summed E-state index contributed by atoms with van der Waals surface area (Å²) in [5.74, 6) is 0. The minimum atomic E-state index is 0.459. The fraction of sp³-hybridized carbons (Fsp3) is 0.625. The molecule has 0 spiro atoms. The van der Waals surface area contributed by atoms with Crippen LogP contribution in [0.2, 0.25) is 0 Å². The fourth-order valence-electron chi connectivity index (χ4n) is 2.78. The second-order valence-corrected chi connectivity index (χ2v) is 6.38. The highest BCUT2D eigenvalue weighted by Crippen LogP contribution is 2.28. The van der Waals surface area contributed by atoms with Gasteiger partial charge in [0.1, 0.15) is 0 Å². The van der Waals surface area contributed by atoms with E-state index < -0.39 is 0 Å². The molecule has 0 amide bonds. The van der Waals surface area contributed by atoms with Gasteiger partial charge in [0.05, 0.1) is 6.10 Å². The molecule has 1 aliphatic rings. The van der Waals surface area contributed by atoms with Crippen LogP contribution in [-0.4, -0.2) is 19.3 Å². The Bertz CT molecular complexity index is 402. The van der Waals surface area contributed by atoms with Gasteiger partial charge in [-0.3, -0.25) is 0 Å². The van der Waals surface area contributed by atoms with Gasteiger partial charge in [-0.15, -0.1) is 0 Å². The van der Waals surface area contributed by atoms with E-state index in [1.165, 1.54) is 34.0 Å². The molecule has 1 N–H and O–H groups in total. The number of halogens is 1. The Hall–Kier alpha value is -0.130. The molecule has 106 valence electrons. The van der Waals surface area contributed by atoms with Crippen LogP contribution in [0.15, 0.2) is 18.2 Å². The number of nitrogens with one attached hydrogen (secondary N) is 1. The van der Waals surface area contributed by atoms with Crippen molar-refractivity contribution >= 4 is 22.6 Å². The van der Waals surface area contributed by atoms with Gasteiger partial charge in [0.15, 0.2) is 0 Å².